The Labute approximate surface area is 72.3 Å². The van der Waals surface area contributed by atoms with Gasteiger partial charge in [-0.3, -0.25) is 4.18 Å². The largest absolute Gasteiger partial charge is 0.394 e. The molecule has 0 spiro atoms. The van der Waals surface area contributed by atoms with E-state index in [1.807, 2.05) is 0 Å². The molecule has 0 saturated heterocycles. The Morgan fingerprint density at radius 2 is 1.83 bits per heavy atom. The van der Waals surface area contributed by atoms with E-state index < -0.39 is 10.8 Å². The molecule has 0 aliphatic rings. The minimum atomic E-state index is -3.63. The van der Waals surface area contributed by atoms with Gasteiger partial charge in [0, 0.05) is 0 Å². The standard InChI is InChI=1S/C6H12O5S/c1-3-9-12(8,10-4-2)11-6-5-7/h3-4,7,12H,1-2,5-6H2. The minimum Gasteiger partial charge on any atom is -0.394 e. The van der Waals surface area contributed by atoms with Crippen molar-refractivity contribution in [1.29, 1.82) is 0 Å². The topological polar surface area (TPSA) is 65.0 Å². The fourth-order valence-electron chi connectivity index (χ4n) is 0.421. The second kappa shape index (κ2) is 5.76. The van der Waals surface area contributed by atoms with E-state index in [2.05, 4.69) is 25.7 Å². The van der Waals surface area contributed by atoms with Crippen LogP contribution in [0.1, 0.15) is 0 Å². The molecule has 0 fully saturated rings. The molecule has 12 heavy (non-hydrogen) atoms. The van der Waals surface area contributed by atoms with Crippen LogP contribution in [-0.4, -0.2) is 22.5 Å². The van der Waals surface area contributed by atoms with E-state index in [1.54, 1.807) is 0 Å². The van der Waals surface area contributed by atoms with Gasteiger partial charge in [0.1, 0.15) is 0 Å². The Kier molecular flexibility index (Phi) is 5.35. The highest BCUT2D eigenvalue weighted by Gasteiger charge is 2.12. The van der Waals surface area contributed by atoms with Gasteiger partial charge in [0.25, 0.3) is 10.8 Å². The zero-order valence-corrected chi connectivity index (χ0v) is 7.40. The molecule has 0 aromatic carbocycles. The zero-order chi connectivity index (χ0) is 9.45. The van der Waals surface area contributed by atoms with Crippen LogP contribution in [0.2, 0.25) is 0 Å². The molecular weight excluding hydrogens is 184 g/mol. The van der Waals surface area contributed by atoms with Gasteiger partial charge in [0.2, 0.25) is 0 Å². The number of rotatable bonds is 7. The third-order valence-corrected chi connectivity index (χ3v) is 2.06. The Bertz CT molecular complexity index is 176. The van der Waals surface area contributed by atoms with Crippen molar-refractivity contribution in [2.45, 2.75) is 0 Å². The van der Waals surface area contributed by atoms with Gasteiger partial charge in [-0.05, 0) is 0 Å². The third-order valence-electron chi connectivity index (χ3n) is 0.748. The Morgan fingerprint density at radius 3 is 2.17 bits per heavy atom. The van der Waals surface area contributed by atoms with Crippen molar-refractivity contribution in [3.63, 3.8) is 0 Å². The third kappa shape index (κ3) is 4.12. The maximum atomic E-state index is 11.3. The van der Waals surface area contributed by atoms with Crippen molar-refractivity contribution >= 4 is 10.8 Å². The van der Waals surface area contributed by atoms with Crippen LogP contribution in [0.4, 0.5) is 0 Å². The molecule has 0 atom stereocenters. The molecule has 0 bridgehead atoms. The van der Waals surface area contributed by atoms with Crippen LogP contribution in [0.5, 0.6) is 0 Å². The molecule has 1 N–H and O–H groups in total. The Balaban J connectivity index is 4.07. The van der Waals surface area contributed by atoms with E-state index in [4.69, 9.17) is 5.11 Å². The van der Waals surface area contributed by atoms with Crippen molar-refractivity contribution in [2.75, 3.05) is 13.2 Å². The predicted molar refractivity (Wildman–Crippen MR) is 45.1 cm³/mol. The maximum absolute atomic E-state index is 11.3. The molecule has 0 aromatic rings. The van der Waals surface area contributed by atoms with Gasteiger partial charge in [-0.15, -0.1) is 0 Å². The van der Waals surface area contributed by atoms with Crippen LogP contribution < -0.4 is 0 Å². The Hall–Kier alpha value is -0.850. The first-order chi connectivity index (χ1) is 5.68. The molecule has 0 rings (SSSR count). The van der Waals surface area contributed by atoms with E-state index in [9.17, 15) is 4.21 Å². The average Bonchev–Trinajstić information content (AvgIpc) is 2.02. The van der Waals surface area contributed by atoms with Crippen LogP contribution >= 0.6 is 0 Å². The summed E-state index contributed by atoms with van der Waals surface area (Å²) in [5.74, 6) is 0. The van der Waals surface area contributed by atoms with Gasteiger partial charge < -0.3 is 13.5 Å². The Morgan fingerprint density at radius 1 is 1.33 bits per heavy atom. The monoisotopic (exact) mass is 196 g/mol. The first-order valence-corrected chi connectivity index (χ1v) is 4.58. The van der Waals surface area contributed by atoms with E-state index >= 15 is 0 Å². The summed E-state index contributed by atoms with van der Waals surface area (Å²) in [6, 6.07) is 0. The predicted octanol–water partition coefficient (Wildman–Crippen LogP) is 0.0772. The highest BCUT2D eigenvalue weighted by molar-refractivity contribution is 7.89. The highest BCUT2D eigenvalue weighted by atomic mass is 32.3. The van der Waals surface area contributed by atoms with Crippen LogP contribution in [0.15, 0.2) is 25.7 Å². The van der Waals surface area contributed by atoms with Crippen molar-refractivity contribution in [3.05, 3.63) is 25.7 Å². The van der Waals surface area contributed by atoms with Gasteiger partial charge in [0.05, 0.1) is 25.7 Å². The number of hydrogen-bond acceptors (Lipinski definition) is 5. The molecule has 0 heterocycles. The summed E-state index contributed by atoms with van der Waals surface area (Å²) in [4.78, 5) is 0. The van der Waals surface area contributed by atoms with E-state index in [1.165, 1.54) is 0 Å². The van der Waals surface area contributed by atoms with Gasteiger partial charge in [-0.25, -0.2) is 0 Å². The molecule has 0 radical (unpaired) electrons. The van der Waals surface area contributed by atoms with Crippen LogP contribution in [-0.2, 0) is 23.3 Å². The second-order valence-corrected chi connectivity index (χ2v) is 3.12. The molecular formula is C6H12O5S. The van der Waals surface area contributed by atoms with Crippen LogP contribution in [0.3, 0.4) is 0 Å². The smallest absolute Gasteiger partial charge is 0.259 e. The zero-order valence-electron chi connectivity index (χ0n) is 6.51. The first-order valence-electron chi connectivity index (χ1n) is 3.12. The summed E-state index contributed by atoms with van der Waals surface area (Å²) < 4.78 is 24.8. The lowest BCUT2D eigenvalue weighted by Crippen LogP contribution is -2.20. The molecule has 0 aromatic heterocycles. The maximum Gasteiger partial charge on any atom is 0.259 e. The van der Waals surface area contributed by atoms with Crippen LogP contribution in [0, 0.1) is 0 Å². The van der Waals surface area contributed by atoms with E-state index in [-0.39, 0.29) is 13.2 Å². The van der Waals surface area contributed by atoms with Crippen molar-refractivity contribution < 1.29 is 21.9 Å². The number of hydrogen-bond donors (Lipinski definition) is 2. The van der Waals surface area contributed by atoms with Gasteiger partial charge in [-0.1, -0.05) is 13.2 Å². The van der Waals surface area contributed by atoms with Crippen LogP contribution in [0.25, 0.3) is 0 Å². The molecule has 0 amide bonds. The summed E-state index contributed by atoms with van der Waals surface area (Å²) in [5, 5.41) is 8.36. The van der Waals surface area contributed by atoms with Crippen molar-refractivity contribution in [1.82, 2.24) is 0 Å². The second-order valence-electron chi connectivity index (χ2n) is 1.55. The van der Waals surface area contributed by atoms with Crippen molar-refractivity contribution in [3.8, 4) is 0 Å². The molecule has 0 unspecified atom stereocenters. The van der Waals surface area contributed by atoms with Gasteiger partial charge >= 0.3 is 0 Å². The number of aliphatic hydroxyl groups excluding tert-OH is 1. The minimum absolute atomic E-state index is 0.140. The summed E-state index contributed by atoms with van der Waals surface area (Å²) in [7, 11) is -3.63. The average molecular weight is 196 g/mol. The fourth-order valence-corrected chi connectivity index (χ4v) is 1.26. The number of aliphatic hydroxyl groups is 1. The molecule has 72 valence electrons. The van der Waals surface area contributed by atoms with E-state index in [0.29, 0.717) is 0 Å². The lowest BCUT2D eigenvalue weighted by molar-refractivity contribution is 0.163. The first kappa shape index (κ1) is 11.2. The quantitative estimate of drug-likeness (QED) is 0.446. The normalized spacial score (nSPS) is 11.8. The molecule has 0 aliphatic carbocycles. The highest BCUT2D eigenvalue weighted by Crippen LogP contribution is 2.10. The summed E-state index contributed by atoms with van der Waals surface area (Å²) in [6.45, 7) is 5.96. The SMILES string of the molecule is C=CO[SH](=O)(OC=C)OCCO. The lowest BCUT2D eigenvalue weighted by Gasteiger charge is -2.21. The summed E-state index contributed by atoms with van der Waals surface area (Å²) in [5.41, 5.74) is 0. The molecule has 5 nitrogen and oxygen atoms in total. The molecule has 0 saturated carbocycles. The number of thiol groups is 1. The lowest BCUT2D eigenvalue weighted by atomic mass is 10.8. The molecule has 0 aliphatic heterocycles. The fraction of sp³-hybridized carbons (Fsp3) is 0.333. The molecule has 6 heteroatoms. The summed E-state index contributed by atoms with van der Waals surface area (Å²) in [6.07, 6.45) is 1.86. The van der Waals surface area contributed by atoms with Crippen molar-refractivity contribution in [2.24, 2.45) is 0 Å². The summed E-state index contributed by atoms with van der Waals surface area (Å²) >= 11 is 0. The van der Waals surface area contributed by atoms with E-state index in [0.717, 1.165) is 12.5 Å². The van der Waals surface area contributed by atoms with Gasteiger partial charge in [-0.2, -0.15) is 4.21 Å². The van der Waals surface area contributed by atoms with Gasteiger partial charge in [0.15, 0.2) is 0 Å².